The summed E-state index contributed by atoms with van der Waals surface area (Å²) in [5.41, 5.74) is 1.08. The summed E-state index contributed by atoms with van der Waals surface area (Å²) in [5.74, 6) is -3.83. The number of carboxylic acid groups (broad SMARTS) is 1. The van der Waals surface area contributed by atoms with Crippen molar-refractivity contribution in [2.24, 2.45) is 0 Å². The van der Waals surface area contributed by atoms with Gasteiger partial charge in [-0.25, -0.2) is 9.18 Å². The lowest BCUT2D eigenvalue weighted by molar-refractivity contribution is -0.135. The highest BCUT2D eigenvalue weighted by Crippen LogP contribution is 2.21. The largest absolute Gasteiger partial charge is 0.502 e. The summed E-state index contributed by atoms with van der Waals surface area (Å²) in [5, 5.41) is 18.4. The van der Waals surface area contributed by atoms with Gasteiger partial charge in [-0.3, -0.25) is 4.79 Å². The van der Waals surface area contributed by atoms with Crippen molar-refractivity contribution in [3.8, 4) is 0 Å². The number of rotatable bonds is 5. The highest BCUT2D eigenvalue weighted by Gasteiger charge is 2.17. The topological polar surface area (TPSA) is 77.8 Å². The SMILES string of the molecule is O=C(O)/C(O)=C/C(=O)N(Cc1ccc(F)cc1)c1ccc(Cl)cc1. The van der Waals surface area contributed by atoms with E-state index in [1.807, 2.05) is 0 Å². The van der Waals surface area contributed by atoms with Gasteiger partial charge in [0, 0.05) is 10.7 Å². The molecule has 0 saturated carbocycles. The number of carbonyl (C=O) groups excluding carboxylic acids is 1. The molecule has 0 saturated heterocycles. The molecule has 2 rings (SSSR count). The van der Waals surface area contributed by atoms with Crippen LogP contribution in [0.5, 0.6) is 0 Å². The van der Waals surface area contributed by atoms with Gasteiger partial charge in [-0.05, 0) is 42.0 Å². The van der Waals surface area contributed by atoms with Crippen LogP contribution in [0.15, 0.2) is 60.4 Å². The summed E-state index contributed by atoms with van der Waals surface area (Å²) in [6, 6.07) is 11.8. The summed E-state index contributed by atoms with van der Waals surface area (Å²) in [4.78, 5) is 24.3. The van der Waals surface area contributed by atoms with Crippen LogP contribution in [0.1, 0.15) is 5.56 Å². The maximum Gasteiger partial charge on any atom is 0.371 e. The molecule has 7 heteroatoms. The fraction of sp³-hybridized carbons (Fsp3) is 0.0588. The highest BCUT2D eigenvalue weighted by atomic mass is 35.5. The molecule has 0 aliphatic rings. The van der Waals surface area contributed by atoms with Crippen LogP contribution >= 0.6 is 11.6 Å². The number of aliphatic carboxylic acids is 1. The molecule has 0 unspecified atom stereocenters. The molecule has 0 bridgehead atoms. The Kier molecular flexibility index (Phi) is 5.55. The van der Waals surface area contributed by atoms with Crippen molar-refractivity contribution in [2.75, 3.05) is 4.90 Å². The fourth-order valence-electron chi connectivity index (χ4n) is 1.95. The normalized spacial score (nSPS) is 11.2. The van der Waals surface area contributed by atoms with E-state index in [4.69, 9.17) is 16.7 Å². The number of nitrogens with zero attached hydrogens (tertiary/aromatic N) is 1. The molecular formula is C17H13ClFNO4. The first kappa shape index (κ1) is 17.5. The number of carbonyl (C=O) groups is 2. The average molecular weight is 350 g/mol. The van der Waals surface area contributed by atoms with E-state index in [0.717, 1.165) is 0 Å². The van der Waals surface area contributed by atoms with Crippen LogP contribution in [0.4, 0.5) is 10.1 Å². The maximum absolute atomic E-state index is 13.0. The van der Waals surface area contributed by atoms with Crippen LogP contribution in [0.25, 0.3) is 0 Å². The second-order valence-electron chi connectivity index (χ2n) is 4.86. The average Bonchev–Trinajstić information content (AvgIpc) is 2.55. The second kappa shape index (κ2) is 7.61. The van der Waals surface area contributed by atoms with Crippen molar-refractivity contribution in [3.05, 3.63) is 76.8 Å². The lowest BCUT2D eigenvalue weighted by Gasteiger charge is -2.21. The van der Waals surface area contributed by atoms with E-state index in [9.17, 15) is 19.1 Å². The Morgan fingerprint density at radius 1 is 1.04 bits per heavy atom. The van der Waals surface area contributed by atoms with Crippen LogP contribution in [0.3, 0.4) is 0 Å². The zero-order valence-electron chi connectivity index (χ0n) is 12.3. The lowest BCUT2D eigenvalue weighted by Crippen LogP contribution is -2.29. The van der Waals surface area contributed by atoms with Crippen molar-refractivity contribution < 1.29 is 24.2 Å². The molecule has 2 aromatic carbocycles. The molecule has 2 aromatic rings. The molecule has 0 spiro atoms. The Hall–Kier alpha value is -2.86. The van der Waals surface area contributed by atoms with Gasteiger partial charge < -0.3 is 15.1 Å². The Balaban J connectivity index is 2.35. The van der Waals surface area contributed by atoms with Gasteiger partial charge in [0.15, 0.2) is 0 Å². The summed E-state index contributed by atoms with van der Waals surface area (Å²) < 4.78 is 13.0. The van der Waals surface area contributed by atoms with Gasteiger partial charge in [0.1, 0.15) is 5.82 Å². The third-order valence-electron chi connectivity index (χ3n) is 3.14. The van der Waals surface area contributed by atoms with Crippen LogP contribution in [0.2, 0.25) is 5.02 Å². The van der Waals surface area contributed by atoms with Crippen molar-refractivity contribution in [1.82, 2.24) is 0 Å². The number of halogens is 2. The second-order valence-corrected chi connectivity index (χ2v) is 5.30. The predicted octanol–water partition coefficient (Wildman–Crippen LogP) is 3.54. The molecule has 0 aliphatic heterocycles. The molecule has 0 fully saturated rings. The minimum Gasteiger partial charge on any atom is -0.502 e. The molecule has 5 nitrogen and oxygen atoms in total. The van der Waals surface area contributed by atoms with Gasteiger partial charge >= 0.3 is 5.97 Å². The predicted molar refractivity (Wildman–Crippen MR) is 87.4 cm³/mol. The van der Waals surface area contributed by atoms with E-state index in [1.165, 1.54) is 29.2 Å². The number of carboxylic acids is 1. The van der Waals surface area contributed by atoms with E-state index in [0.29, 0.717) is 22.3 Å². The van der Waals surface area contributed by atoms with Crippen molar-refractivity contribution >= 4 is 29.2 Å². The number of aliphatic hydroxyl groups excluding tert-OH is 1. The van der Waals surface area contributed by atoms with E-state index >= 15 is 0 Å². The molecular weight excluding hydrogens is 337 g/mol. The minimum atomic E-state index is -1.61. The van der Waals surface area contributed by atoms with Crippen molar-refractivity contribution in [3.63, 3.8) is 0 Å². The zero-order valence-corrected chi connectivity index (χ0v) is 13.1. The Morgan fingerprint density at radius 3 is 2.17 bits per heavy atom. The molecule has 0 radical (unpaired) electrons. The lowest BCUT2D eigenvalue weighted by atomic mass is 10.2. The zero-order chi connectivity index (χ0) is 17.7. The van der Waals surface area contributed by atoms with Crippen molar-refractivity contribution in [1.29, 1.82) is 0 Å². The standard InChI is InChI=1S/C17H13ClFNO4/c18-12-3-7-14(8-4-12)20(16(22)9-15(21)17(23)24)10-11-1-5-13(19)6-2-11/h1-9,21H,10H2,(H,23,24)/b15-9-. The summed E-state index contributed by atoms with van der Waals surface area (Å²) in [6.07, 6.45) is 0.612. The Labute approximate surface area is 142 Å². The quantitative estimate of drug-likeness (QED) is 0.639. The van der Waals surface area contributed by atoms with Gasteiger partial charge in [-0.2, -0.15) is 0 Å². The molecule has 2 N–H and O–H groups in total. The van der Waals surface area contributed by atoms with Gasteiger partial charge in [0.25, 0.3) is 5.91 Å². The monoisotopic (exact) mass is 349 g/mol. The fourth-order valence-corrected chi connectivity index (χ4v) is 2.07. The number of anilines is 1. The smallest absolute Gasteiger partial charge is 0.371 e. The van der Waals surface area contributed by atoms with Gasteiger partial charge in [-0.1, -0.05) is 23.7 Å². The summed E-state index contributed by atoms with van der Waals surface area (Å²) in [6.45, 7) is 0.0597. The summed E-state index contributed by atoms with van der Waals surface area (Å²) >= 11 is 5.82. The molecule has 24 heavy (non-hydrogen) atoms. The van der Waals surface area contributed by atoms with Crippen LogP contribution in [-0.2, 0) is 16.1 Å². The number of benzene rings is 2. The van der Waals surface area contributed by atoms with Crippen LogP contribution < -0.4 is 4.90 Å². The molecule has 1 amide bonds. The minimum absolute atomic E-state index is 0.0597. The first-order chi connectivity index (χ1) is 11.4. The Bertz CT molecular complexity index is 772. The molecule has 0 aromatic heterocycles. The third kappa shape index (κ3) is 4.57. The molecule has 0 atom stereocenters. The van der Waals surface area contributed by atoms with E-state index < -0.39 is 23.5 Å². The van der Waals surface area contributed by atoms with Crippen LogP contribution in [-0.4, -0.2) is 22.1 Å². The van der Waals surface area contributed by atoms with Gasteiger partial charge in [-0.15, -0.1) is 0 Å². The molecule has 0 heterocycles. The van der Waals surface area contributed by atoms with E-state index in [1.54, 1.807) is 24.3 Å². The van der Waals surface area contributed by atoms with Gasteiger partial charge in [0.2, 0.25) is 5.76 Å². The highest BCUT2D eigenvalue weighted by molar-refractivity contribution is 6.30. The first-order valence-corrected chi connectivity index (χ1v) is 7.20. The number of amides is 1. The molecule has 124 valence electrons. The van der Waals surface area contributed by atoms with Gasteiger partial charge in [0.05, 0.1) is 12.6 Å². The third-order valence-corrected chi connectivity index (χ3v) is 3.39. The van der Waals surface area contributed by atoms with E-state index in [2.05, 4.69) is 0 Å². The Morgan fingerprint density at radius 2 is 1.62 bits per heavy atom. The number of aliphatic hydroxyl groups is 1. The number of hydrogen-bond donors (Lipinski definition) is 2. The van der Waals surface area contributed by atoms with Crippen LogP contribution in [0, 0.1) is 5.82 Å². The van der Waals surface area contributed by atoms with E-state index in [-0.39, 0.29) is 6.54 Å². The first-order valence-electron chi connectivity index (χ1n) is 6.82. The maximum atomic E-state index is 13.0. The number of hydrogen-bond acceptors (Lipinski definition) is 3. The van der Waals surface area contributed by atoms with Crippen molar-refractivity contribution in [2.45, 2.75) is 6.54 Å². The summed E-state index contributed by atoms with van der Waals surface area (Å²) in [7, 11) is 0. The molecule has 0 aliphatic carbocycles.